The van der Waals surface area contributed by atoms with E-state index in [9.17, 15) is 22.6 Å². The number of unbranched alkanes of at least 4 members (excludes halogenated alkanes) is 6. The number of carbonyl (C=O) groups is 2. The number of ether oxygens (including phenoxy) is 2. The molecule has 29 heavy (non-hydrogen) atoms. The molecular weight excluding hydrogens is 407 g/mol. The molecule has 158 valence electrons. The van der Waals surface area contributed by atoms with Gasteiger partial charge in [-0.1, -0.05) is 52.4 Å². The van der Waals surface area contributed by atoms with Crippen LogP contribution in [0.25, 0.3) is 0 Å². The quantitative estimate of drug-likeness (QED) is 0.197. The second kappa shape index (κ2) is 15.0. The Morgan fingerprint density at radius 3 is 1.55 bits per heavy atom. The molecule has 0 atom stereocenters. The third-order valence-electron chi connectivity index (χ3n) is 4.13. The average molecular weight is 437 g/mol. The van der Waals surface area contributed by atoms with Gasteiger partial charge in [-0.05, 0) is 31.0 Å². The second-order valence-electron chi connectivity index (χ2n) is 6.59. The van der Waals surface area contributed by atoms with Crippen LogP contribution < -0.4 is 29.6 Å². The predicted molar refractivity (Wildman–Crippen MR) is 103 cm³/mol. The zero-order valence-electron chi connectivity index (χ0n) is 17.6. The largest absolute Gasteiger partial charge is 1.00 e. The van der Waals surface area contributed by atoms with E-state index >= 15 is 0 Å². The average Bonchev–Trinajstić information content (AvgIpc) is 2.66. The molecule has 7 nitrogen and oxygen atoms in total. The van der Waals surface area contributed by atoms with Crippen LogP contribution in [-0.2, 0) is 19.6 Å². The van der Waals surface area contributed by atoms with Crippen molar-refractivity contribution in [3.8, 4) is 0 Å². The van der Waals surface area contributed by atoms with Crippen molar-refractivity contribution in [3.05, 3.63) is 29.3 Å². The van der Waals surface area contributed by atoms with Gasteiger partial charge in [-0.2, -0.15) is 0 Å². The van der Waals surface area contributed by atoms with E-state index < -0.39 is 27.0 Å². The van der Waals surface area contributed by atoms with Crippen LogP contribution in [-0.4, -0.2) is 38.1 Å². The summed E-state index contributed by atoms with van der Waals surface area (Å²) in [6, 6.07) is 3.04. The summed E-state index contributed by atoms with van der Waals surface area (Å²) in [5.74, 6) is -1.56. The number of carbonyl (C=O) groups excluding carboxylic acids is 2. The fourth-order valence-electron chi connectivity index (χ4n) is 2.53. The van der Waals surface area contributed by atoms with Crippen molar-refractivity contribution in [1.29, 1.82) is 0 Å². The van der Waals surface area contributed by atoms with Gasteiger partial charge in [0.05, 0.1) is 29.2 Å². The summed E-state index contributed by atoms with van der Waals surface area (Å²) in [4.78, 5) is 23.7. The maximum atomic E-state index is 12.2. The summed E-state index contributed by atoms with van der Waals surface area (Å²) in [5.41, 5.74) is -0.323. The molecule has 0 saturated carbocycles. The Balaban J connectivity index is 0.00000784. The molecule has 9 heteroatoms. The van der Waals surface area contributed by atoms with E-state index in [1.807, 2.05) is 0 Å². The molecule has 0 spiro atoms. The standard InChI is InChI=1S/C20H30O7S.Na/c1-3-5-7-9-11-26-19(21)16-13-17(15-18(14-16)28(23,24)25)20(22)27-12-10-8-6-4-2;/h13-15H,3-12H2,1-2H3,(H,23,24,25);/q;+1/p-1. The summed E-state index contributed by atoms with van der Waals surface area (Å²) >= 11 is 0. The van der Waals surface area contributed by atoms with Crippen molar-refractivity contribution >= 4 is 22.1 Å². The molecule has 0 unspecified atom stereocenters. The van der Waals surface area contributed by atoms with Crippen LogP contribution in [0, 0.1) is 0 Å². The zero-order chi connectivity index (χ0) is 21.0. The van der Waals surface area contributed by atoms with E-state index in [2.05, 4.69) is 13.8 Å². The first-order valence-electron chi connectivity index (χ1n) is 9.74. The second-order valence-corrected chi connectivity index (χ2v) is 7.97. The Bertz CT molecular complexity index is 703. The summed E-state index contributed by atoms with van der Waals surface area (Å²) < 4.78 is 44.4. The molecular formula is C20H29NaO7S. The maximum absolute atomic E-state index is 12.2. The van der Waals surface area contributed by atoms with Crippen molar-refractivity contribution in [2.45, 2.75) is 70.1 Å². The van der Waals surface area contributed by atoms with Crippen molar-refractivity contribution in [1.82, 2.24) is 0 Å². The minimum Gasteiger partial charge on any atom is -0.744 e. The fourth-order valence-corrected chi connectivity index (χ4v) is 3.08. The zero-order valence-corrected chi connectivity index (χ0v) is 20.4. The molecule has 0 fully saturated rings. The molecule has 1 rings (SSSR count). The monoisotopic (exact) mass is 436 g/mol. The number of benzene rings is 1. The third-order valence-corrected chi connectivity index (χ3v) is 4.94. The molecule has 0 aliphatic heterocycles. The summed E-state index contributed by atoms with van der Waals surface area (Å²) in [7, 11) is -4.85. The number of hydrogen-bond donors (Lipinski definition) is 0. The van der Waals surface area contributed by atoms with E-state index in [1.165, 1.54) is 6.07 Å². The molecule has 1 aromatic rings. The van der Waals surface area contributed by atoms with Crippen molar-refractivity contribution in [3.63, 3.8) is 0 Å². The first kappa shape index (κ1) is 28.1. The van der Waals surface area contributed by atoms with Crippen LogP contribution in [0.5, 0.6) is 0 Å². The van der Waals surface area contributed by atoms with Gasteiger partial charge in [0, 0.05) is 0 Å². The van der Waals surface area contributed by atoms with Gasteiger partial charge >= 0.3 is 41.5 Å². The van der Waals surface area contributed by atoms with E-state index in [0.29, 0.717) is 12.8 Å². The van der Waals surface area contributed by atoms with Gasteiger partial charge in [0.2, 0.25) is 0 Å². The van der Waals surface area contributed by atoms with Gasteiger partial charge in [-0.3, -0.25) is 0 Å². The fraction of sp³-hybridized carbons (Fsp3) is 0.600. The van der Waals surface area contributed by atoms with Gasteiger partial charge in [0.1, 0.15) is 10.1 Å². The minimum atomic E-state index is -4.85. The molecule has 0 radical (unpaired) electrons. The van der Waals surface area contributed by atoms with E-state index in [-0.39, 0.29) is 53.9 Å². The van der Waals surface area contributed by atoms with Crippen LogP contribution in [0.2, 0.25) is 0 Å². The van der Waals surface area contributed by atoms with Crippen LogP contribution in [0.3, 0.4) is 0 Å². The molecule has 0 saturated heterocycles. The van der Waals surface area contributed by atoms with Gasteiger partial charge in [-0.15, -0.1) is 0 Å². The van der Waals surface area contributed by atoms with Crippen LogP contribution in [0.15, 0.2) is 23.1 Å². The van der Waals surface area contributed by atoms with Crippen LogP contribution in [0.1, 0.15) is 85.9 Å². The number of rotatable bonds is 13. The van der Waals surface area contributed by atoms with Crippen LogP contribution in [0.4, 0.5) is 0 Å². The van der Waals surface area contributed by atoms with Gasteiger partial charge < -0.3 is 14.0 Å². The third kappa shape index (κ3) is 11.1. The SMILES string of the molecule is CCCCCCOC(=O)c1cc(C(=O)OCCCCCC)cc(S(=O)(=O)[O-])c1.[Na+]. The molecule has 0 aliphatic carbocycles. The molecule has 1 aromatic carbocycles. The van der Waals surface area contributed by atoms with E-state index in [1.54, 1.807) is 0 Å². The molecule has 0 aromatic heterocycles. The van der Waals surface area contributed by atoms with Crippen molar-refractivity contribution in [2.24, 2.45) is 0 Å². The van der Waals surface area contributed by atoms with Gasteiger partial charge in [0.15, 0.2) is 0 Å². The summed E-state index contributed by atoms with van der Waals surface area (Å²) in [6.07, 6.45) is 7.33. The van der Waals surface area contributed by atoms with Crippen molar-refractivity contribution < 1.29 is 61.6 Å². The number of esters is 2. The van der Waals surface area contributed by atoms with E-state index in [4.69, 9.17) is 9.47 Å². The predicted octanol–water partition coefficient (Wildman–Crippen LogP) is 1.07. The van der Waals surface area contributed by atoms with Gasteiger partial charge in [-0.25, -0.2) is 18.0 Å². The molecule has 0 N–H and O–H groups in total. The first-order chi connectivity index (χ1) is 13.3. The molecule has 0 bridgehead atoms. The Morgan fingerprint density at radius 2 is 1.21 bits per heavy atom. The molecule has 0 heterocycles. The molecule has 0 aliphatic rings. The Hall–Kier alpha value is -0.930. The van der Waals surface area contributed by atoms with Crippen LogP contribution >= 0.6 is 0 Å². The van der Waals surface area contributed by atoms with Gasteiger partial charge in [0.25, 0.3) is 0 Å². The summed E-state index contributed by atoms with van der Waals surface area (Å²) in [6.45, 7) is 4.49. The first-order valence-corrected chi connectivity index (χ1v) is 11.2. The van der Waals surface area contributed by atoms with E-state index in [0.717, 1.165) is 50.7 Å². The number of hydrogen-bond acceptors (Lipinski definition) is 7. The smallest absolute Gasteiger partial charge is 0.744 e. The normalized spacial score (nSPS) is 10.9. The maximum Gasteiger partial charge on any atom is 1.00 e. The minimum absolute atomic E-state index is 0. The Labute approximate surface area is 195 Å². The van der Waals surface area contributed by atoms with Crippen molar-refractivity contribution in [2.75, 3.05) is 13.2 Å². The summed E-state index contributed by atoms with van der Waals surface area (Å²) in [5, 5.41) is 0. The molecule has 0 amide bonds. The Morgan fingerprint density at radius 1 is 0.793 bits per heavy atom. The topological polar surface area (TPSA) is 110 Å². The Kier molecular flexibility index (Phi) is 14.5.